The number of methoxy groups -OCH3 is 1. The summed E-state index contributed by atoms with van der Waals surface area (Å²) in [7, 11) is 1.55. The molecule has 1 saturated carbocycles. The van der Waals surface area contributed by atoms with E-state index in [-0.39, 0.29) is 12.0 Å². The predicted octanol–water partition coefficient (Wildman–Crippen LogP) is 6.06. The Kier molecular flexibility index (Phi) is 5.49. The van der Waals surface area contributed by atoms with Crippen LogP contribution in [0.5, 0.6) is 0 Å². The number of esters is 1. The Morgan fingerprint density at radius 1 is 1.00 bits per heavy atom. The van der Waals surface area contributed by atoms with E-state index in [4.69, 9.17) is 4.74 Å². The fraction of sp³-hybridized carbons (Fsp3) is 0.483. The topological polar surface area (TPSA) is 34.5 Å². The van der Waals surface area contributed by atoms with Crippen LogP contribution in [0.25, 0.3) is 10.9 Å². The lowest BCUT2D eigenvalue weighted by Crippen LogP contribution is -2.47. The van der Waals surface area contributed by atoms with E-state index in [0.717, 1.165) is 25.9 Å². The number of ether oxygens (including phenoxy) is 1. The number of nitrogens with zero attached hydrogens (tertiary/aromatic N) is 2. The van der Waals surface area contributed by atoms with Crippen LogP contribution in [-0.2, 0) is 22.5 Å². The van der Waals surface area contributed by atoms with Crippen LogP contribution < -0.4 is 0 Å². The van der Waals surface area contributed by atoms with Crippen molar-refractivity contribution < 1.29 is 9.53 Å². The van der Waals surface area contributed by atoms with E-state index in [1.165, 1.54) is 59.8 Å². The molecule has 1 aliphatic carbocycles. The summed E-state index contributed by atoms with van der Waals surface area (Å²) >= 11 is 0. The van der Waals surface area contributed by atoms with Gasteiger partial charge in [-0.15, -0.1) is 0 Å². The average Bonchev–Trinajstić information content (AvgIpc) is 3.21. The fourth-order valence-electron chi connectivity index (χ4n) is 7.15. The van der Waals surface area contributed by atoms with Crippen LogP contribution in [0.4, 0.5) is 0 Å². The molecule has 3 aromatic rings. The normalized spacial score (nSPS) is 25.7. The third-order valence-corrected chi connectivity index (χ3v) is 8.55. The Morgan fingerprint density at radius 3 is 2.55 bits per heavy atom. The van der Waals surface area contributed by atoms with Crippen LogP contribution in [0.15, 0.2) is 54.6 Å². The summed E-state index contributed by atoms with van der Waals surface area (Å²) in [5.41, 5.74) is 5.44. The highest BCUT2D eigenvalue weighted by Crippen LogP contribution is 2.53. The van der Waals surface area contributed by atoms with Gasteiger partial charge in [-0.05, 0) is 41.9 Å². The first-order valence-corrected chi connectivity index (χ1v) is 12.7. The number of aromatic nitrogens is 1. The molecule has 1 fully saturated rings. The maximum absolute atomic E-state index is 13.1. The molecule has 33 heavy (non-hydrogen) atoms. The van der Waals surface area contributed by atoms with E-state index in [1.54, 1.807) is 7.11 Å². The van der Waals surface area contributed by atoms with Crippen molar-refractivity contribution >= 4 is 16.9 Å². The molecule has 3 unspecified atom stereocenters. The molecule has 172 valence electrons. The van der Waals surface area contributed by atoms with Crippen molar-refractivity contribution in [3.8, 4) is 0 Å². The predicted molar refractivity (Wildman–Crippen MR) is 131 cm³/mol. The second-order valence-corrected chi connectivity index (χ2v) is 10.2. The number of hydrogen-bond donors (Lipinski definition) is 0. The van der Waals surface area contributed by atoms with Crippen LogP contribution >= 0.6 is 0 Å². The van der Waals surface area contributed by atoms with Crippen LogP contribution in [0.2, 0.25) is 0 Å². The first-order chi connectivity index (χ1) is 16.3. The summed E-state index contributed by atoms with van der Waals surface area (Å²) in [5.74, 6) is 1.10. The number of carbonyl (C=O) groups excluding carboxylic acids is 1. The van der Waals surface area contributed by atoms with E-state index in [1.807, 2.05) is 0 Å². The van der Waals surface area contributed by atoms with Gasteiger partial charge in [0.1, 0.15) is 6.04 Å². The summed E-state index contributed by atoms with van der Waals surface area (Å²) in [5, 5.41) is 1.33. The van der Waals surface area contributed by atoms with Gasteiger partial charge < -0.3 is 9.30 Å². The lowest BCUT2D eigenvalue weighted by atomic mass is 9.69. The summed E-state index contributed by atoms with van der Waals surface area (Å²) in [4.78, 5) is 15.9. The van der Waals surface area contributed by atoms with Crippen molar-refractivity contribution in [3.63, 3.8) is 0 Å². The zero-order valence-electron chi connectivity index (χ0n) is 19.6. The van der Waals surface area contributed by atoms with Gasteiger partial charge in [0.05, 0.1) is 13.2 Å². The smallest absolute Gasteiger partial charge is 0.328 e. The van der Waals surface area contributed by atoms with Crippen molar-refractivity contribution in [2.24, 2.45) is 11.8 Å². The molecule has 4 nitrogen and oxygen atoms in total. The van der Waals surface area contributed by atoms with E-state index in [0.29, 0.717) is 17.9 Å². The lowest BCUT2D eigenvalue weighted by Gasteiger charge is -2.49. The van der Waals surface area contributed by atoms with Crippen molar-refractivity contribution in [1.82, 2.24) is 9.47 Å². The maximum Gasteiger partial charge on any atom is 0.328 e. The SMILES string of the molecule is COC(=O)C1CC(C2CCCCC2)C2c3c(c4ccccc4n31)CCN2Cc1ccccc1. The molecule has 3 aliphatic rings. The van der Waals surface area contributed by atoms with Gasteiger partial charge in [0.25, 0.3) is 0 Å². The highest BCUT2D eigenvalue weighted by Gasteiger charge is 2.48. The molecule has 3 heterocycles. The van der Waals surface area contributed by atoms with E-state index < -0.39 is 0 Å². The van der Waals surface area contributed by atoms with E-state index in [9.17, 15) is 4.79 Å². The molecular formula is C29H34N2O2. The third-order valence-electron chi connectivity index (χ3n) is 8.55. The minimum absolute atomic E-state index is 0.0852. The Morgan fingerprint density at radius 2 is 1.76 bits per heavy atom. The molecule has 0 amide bonds. The second kappa shape index (κ2) is 8.64. The summed E-state index contributed by atoms with van der Waals surface area (Å²) in [6, 6.07) is 19.7. The molecule has 4 heteroatoms. The first kappa shape index (κ1) is 21.0. The molecule has 0 N–H and O–H groups in total. The number of rotatable bonds is 4. The highest BCUT2D eigenvalue weighted by molar-refractivity contribution is 5.89. The molecule has 2 aromatic carbocycles. The van der Waals surface area contributed by atoms with Gasteiger partial charge in [-0.2, -0.15) is 0 Å². The second-order valence-electron chi connectivity index (χ2n) is 10.2. The Hall–Kier alpha value is -2.59. The van der Waals surface area contributed by atoms with E-state index >= 15 is 0 Å². The Labute approximate surface area is 196 Å². The molecule has 0 radical (unpaired) electrons. The zero-order valence-corrected chi connectivity index (χ0v) is 19.6. The molecule has 0 bridgehead atoms. The van der Waals surface area contributed by atoms with Gasteiger partial charge in [-0.1, -0.05) is 80.6 Å². The molecule has 0 saturated heterocycles. The van der Waals surface area contributed by atoms with Gasteiger partial charge in [0.2, 0.25) is 0 Å². The zero-order chi connectivity index (χ0) is 22.4. The minimum Gasteiger partial charge on any atom is -0.467 e. The standard InChI is InChI=1S/C29H34N2O2/c1-33-29(32)26-18-24(21-12-6-3-7-13-21)27-28-23(22-14-8-9-15-25(22)31(26)28)16-17-30(27)19-20-10-4-2-5-11-20/h2,4-5,8-11,14-15,21,24,26-27H,3,6-7,12-13,16-19H2,1H3. The van der Waals surface area contributed by atoms with Crippen LogP contribution in [0.3, 0.4) is 0 Å². The molecule has 6 rings (SSSR count). The largest absolute Gasteiger partial charge is 0.467 e. The molecular weight excluding hydrogens is 408 g/mol. The summed E-state index contributed by atoms with van der Waals surface area (Å²) in [6.07, 6.45) is 8.52. The number of carbonyl (C=O) groups is 1. The average molecular weight is 443 g/mol. The Balaban J connectivity index is 1.52. The lowest BCUT2D eigenvalue weighted by molar-refractivity contribution is -0.146. The van der Waals surface area contributed by atoms with Crippen molar-refractivity contribution in [2.75, 3.05) is 13.7 Å². The molecule has 1 aromatic heterocycles. The molecule has 3 atom stereocenters. The van der Waals surface area contributed by atoms with Gasteiger partial charge in [-0.25, -0.2) is 4.79 Å². The fourth-order valence-corrected chi connectivity index (χ4v) is 7.15. The maximum atomic E-state index is 13.1. The van der Waals surface area contributed by atoms with Crippen LogP contribution in [0.1, 0.15) is 67.4 Å². The number of benzene rings is 2. The third kappa shape index (κ3) is 3.50. The van der Waals surface area contributed by atoms with Crippen molar-refractivity contribution in [1.29, 1.82) is 0 Å². The van der Waals surface area contributed by atoms with Gasteiger partial charge in [-0.3, -0.25) is 4.90 Å². The minimum atomic E-state index is -0.219. The van der Waals surface area contributed by atoms with Crippen molar-refractivity contribution in [3.05, 3.63) is 71.4 Å². The monoisotopic (exact) mass is 442 g/mol. The number of fused-ring (bicyclic) bond motifs is 3. The number of para-hydroxylation sites is 1. The van der Waals surface area contributed by atoms with Crippen LogP contribution in [-0.4, -0.2) is 29.1 Å². The van der Waals surface area contributed by atoms with Crippen molar-refractivity contribution in [2.45, 2.75) is 63.6 Å². The first-order valence-electron chi connectivity index (χ1n) is 12.7. The summed E-state index contributed by atoms with van der Waals surface area (Å²) in [6.45, 7) is 2.05. The Bertz CT molecular complexity index is 1150. The van der Waals surface area contributed by atoms with Crippen LogP contribution in [0, 0.1) is 11.8 Å². The molecule has 0 spiro atoms. The van der Waals surface area contributed by atoms with E-state index in [2.05, 4.69) is 64.1 Å². The highest BCUT2D eigenvalue weighted by atomic mass is 16.5. The number of hydrogen-bond acceptors (Lipinski definition) is 3. The van der Waals surface area contributed by atoms with Gasteiger partial charge >= 0.3 is 5.97 Å². The molecule has 2 aliphatic heterocycles. The van der Waals surface area contributed by atoms with Gasteiger partial charge in [0.15, 0.2) is 0 Å². The van der Waals surface area contributed by atoms with Gasteiger partial charge in [0, 0.05) is 29.7 Å². The quantitative estimate of drug-likeness (QED) is 0.461. The summed E-state index contributed by atoms with van der Waals surface area (Å²) < 4.78 is 7.75.